The number of unbranched alkanes of at least 4 members (excludes halogenated alkanes) is 10. The van der Waals surface area contributed by atoms with Crippen LogP contribution in [-0.2, 0) is 18.6 Å². The van der Waals surface area contributed by atoms with Crippen molar-refractivity contribution in [3.8, 4) is 11.1 Å². The topological polar surface area (TPSA) is 36.9 Å². The molecule has 0 amide bonds. The Hall–Kier alpha value is -1.59. The molecule has 0 aromatic heterocycles. The Balaban J connectivity index is 1.49. The zero-order chi connectivity index (χ0) is 34.7. The van der Waals surface area contributed by atoms with Crippen LogP contribution in [0.25, 0.3) is 11.1 Å². The van der Waals surface area contributed by atoms with Crippen molar-refractivity contribution in [2.75, 3.05) is 0 Å². The summed E-state index contributed by atoms with van der Waals surface area (Å²) in [5, 5.41) is 0. The summed E-state index contributed by atoms with van der Waals surface area (Å²) in [6.45, 7) is 21.8. The van der Waals surface area contributed by atoms with E-state index in [1.54, 1.807) is 0 Å². The van der Waals surface area contributed by atoms with E-state index in [0.29, 0.717) is 11.8 Å². The summed E-state index contributed by atoms with van der Waals surface area (Å²) in [5.74, 6) is 0.926. The van der Waals surface area contributed by atoms with Crippen molar-refractivity contribution in [2.45, 2.75) is 187 Å². The van der Waals surface area contributed by atoms with E-state index in [0.717, 1.165) is 10.9 Å². The van der Waals surface area contributed by atoms with E-state index in [1.807, 2.05) is 0 Å². The molecule has 2 aliphatic heterocycles. The average molecular weight is 657 g/mol. The highest BCUT2D eigenvalue weighted by Gasteiger charge is 2.53. The molecule has 0 saturated carbocycles. The van der Waals surface area contributed by atoms with Crippen molar-refractivity contribution in [3.05, 3.63) is 47.5 Å². The first-order valence-corrected chi connectivity index (χ1v) is 19.7. The predicted octanol–water partition coefficient (Wildman–Crippen LogP) is 10.5. The molecule has 1 aliphatic carbocycles. The number of hydrogen-bond acceptors (Lipinski definition) is 4. The van der Waals surface area contributed by atoms with E-state index < -0.39 is 0 Å². The van der Waals surface area contributed by atoms with Crippen LogP contribution >= 0.6 is 0 Å². The normalized spacial score (nSPS) is 20.6. The van der Waals surface area contributed by atoms with Gasteiger partial charge in [-0.2, -0.15) is 0 Å². The van der Waals surface area contributed by atoms with Gasteiger partial charge >= 0.3 is 14.2 Å². The molecule has 6 heteroatoms. The molecule has 0 bridgehead atoms. The Kier molecular flexibility index (Phi) is 12.0. The molecule has 5 rings (SSSR count). The molecule has 0 atom stereocenters. The van der Waals surface area contributed by atoms with Gasteiger partial charge in [0.15, 0.2) is 0 Å². The van der Waals surface area contributed by atoms with Crippen LogP contribution in [-0.4, -0.2) is 36.6 Å². The molecule has 4 nitrogen and oxygen atoms in total. The molecular weight excluding hydrogens is 590 g/mol. The van der Waals surface area contributed by atoms with E-state index in [2.05, 4.69) is 106 Å². The maximum atomic E-state index is 6.58. The molecular formula is C42H66B2O4. The van der Waals surface area contributed by atoms with Gasteiger partial charge < -0.3 is 18.6 Å². The van der Waals surface area contributed by atoms with Gasteiger partial charge in [0.25, 0.3) is 0 Å². The monoisotopic (exact) mass is 657 g/mol. The van der Waals surface area contributed by atoms with Crippen molar-refractivity contribution in [3.63, 3.8) is 0 Å². The lowest BCUT2D eigenvalue weighted by Gasteiger charge is -2.32. The largest absolute Gasteiger partial charge is 0.494 e. The Morgan fingerprint density at radius 3 is 1.19 bits per heavy atom. The number of rotatable bonds is 17. The number of benzene rings is 2. The molecule has 0 spiro atoms. The first-order chi connectivity index (χ1) is 22.7. The van der Waals surface area contributed by atoms with Crippen LogP contribution in [0.1, 0.15) is 176 Å². The third kappa shape index (κ3) is 7.98. The summed E-state index contributed by atoms with van der Waals surface area (Å²) in [6, 6.07) is 14.0. The van der Waals surface area contributed by atoms with Gasteiger partial charge in [-0.25, -0.2) is 0 Å². The van der Waals surface area contributed by atoms with Crippen LogP contribution in [0.4, 0.5) is 0 Å². The van der Waals surface area contributed by atoms with Gasteiger partial charge in [-0.3, -0.25) is 0 Å². The van der Waals surface area contributed by atoms with Crippen molar-refractivity contribution in [1.82, 2.24) is 0 Å². The average Bonchev–Trinajstić information content (AvgIpc) is 3.55. The highest BCUT2D eigenvalue weighted by molar-refractivity contribution is 6.62. The zero-order valence-electron chi connectivity index (χ0n) is 32.3. The minimum Gasteiger partial charge on any atom is -0.399 e. The van der Waals surface area contributed by atoms with Gasteiger partial charge in [-0.05, 0) is 107 Å². The zero-order valence-corrected chi connectivity index (χ0v) is 32.3. The number of fused-ring (bicyclic) bond motifs is 3. The minimum atomic E-state index is -0.366. The van der Waals surface area contributed by atoms with Crippen LogP contribution in [0.2, 0.25) is 0 Å². The molecule has 0 unspecified atom stereocenters. The van der Waals surface area contributed by atoms with Crippen molar-refractivity contribution in [2.24, 2.45) is 5.92 Å². The quantitative estimate of drug-likeness (QED) is 0.125. The molecule has 2 aromatic carbocycles. The minimum absolute atomic E-state index is 0.339. The number of hydrogen-bond donors (Lipinski definition) is 0. The molecule has 2 heterocycles. The van der Waals surface area contributed by atoms with Gasteiger partial charge in [-0.15, -0.1) is 0 Å². The summed E-state index contributed by atoms with van der Waals surface area (Å²) in [4.78, 5) is 0. The Morgan fingerprint density at radius 2 is 0.833 bits per heavy atom. The first kappa shape index (κ1) is 37.7. The van der Waals surface area contributed by atoms with Gasteiger partial charge in [-0.1, -0.05) is 127 Å². The molecule has 0 N–H and O–H groups in total. The standard InChI is InChI=1S/C42H66B2O4/c1-11-13-15-17-19-21-23-31(24-22-20-18-16-14-12-2)38-36-29-32(43-45-39(3,4)40(5,6)46-43)25-27-34(36)35-28-26-33(30-37(35)38)44-47-41(7,8)42(9,10)48-44/h25-31,38H,11-24H2,1-10H3. The fraction of sp³-hybridized carbons (Fsp3) is 0.714. The SMILES string of the molecule is CCCCCCCCC(CCCCCCCC)C1c2cc(B3OC(C)(C)C(C)(C)O3)ccc2-c2ccc(B3OC(C)(C)C(C)(C)O3)cc21. The maximum Gasteiger partial charge on any atom is 0.494 e. The molecule has 3 aliphatic rings. The van der Waals surface area contributed by atoms with Crippen LogP contribution < -0.4 is 10.9 Å². The summed E-state index contributed by atoms with van der Waals surface area (Å²) >= 11 is 0. The molecule has 2 saturated heterocycles. The summed E-state index contributed by atoms with van der Waals surface area (Å²) < 4.78 is 26.3. The van der Waals surface area contributed by atoms with Crippen LogP contribution in [0.3, 0.4) is 0 Å². The van der Waals surface area contributed by atoms with E-state index in [4.69, 9.17) is 18.6 Å². The second kappa shape index (κ2) is 15.3. The lowest BCUT2D eigenvalue weighted by atomic mass is 9.72. The van der Waals surface area contributed by atoms with E-state index in [1.165, 1.54) is 112 Å². The lowest BCUT2D eigenvalue weighted by molar-refractivity contribution is 0.00578. The van der Waals surface area contributed by atoms with Crippen LogP contribution in [0, 0.1) is 5.92 Å². The van der Waals surface area contributed by atoms with Crippen LogP contribution in [0.15, 0.2) is 36.4 Å². The summed E-state index contributed by atoms with van der Waals surface area (Å²) in [6.07, 6.45) is 18.6. The first-order valence-electron chi connectivity index (χ1n) is 19.7. The third-order valence-corrected chi connectivity index (χ3v) is 12.5. The molecule has 48 heavy (non-hydrogen) atoms. The summed E-state index contributed by atoms with van der Waals surface area (Å²) in [7, 11) is -0.721. The van der Waals surface area contributed by atoms with Gasteiger partial charge in [0.2, 0.25) is 0 Å². The molecule has 2 aromatic rings. The summed E-state index contributed by atoms with van der Waals surface area (Å²) in [5.41, 5.74) is 6.44. The third-order valence-electron chi connectivity index (χ3n) is 12.5. The van der Waals surface area contributed by atoms with Gasteiger partial charge in [0.05, 0.1) is 22.4 Å². The van der Waals surface area contributed by atoms with Crippen LogP contribution in [0.5, 0.6) is 0 Å². The maximum absolute atomic E-state index is 6.58. The molecule has 0 radical (unpaired) electrons. The van der Waals surface area contributed by atoms with Gasteiger partial charge in [0.1, 0.15) is 0 Å². The lowest BCUT2D eigenvalue weighted by Crippen LogP contribution is -2.41. The fourth-order valence-electron chi connectivity index (χ4n) is 7.95. The van der Waals surface area contributed by atoms with Crippen molar-refractivity contribution < 1.29 is 18.6 Å². The van der Waals surface area contributed by atoms with E-state index in [9.17, 15) is 0 Å². The van der Waals surface area contributed by atoms with Crippen molar-refractivity contribution >= 4 is 25.2 Å². The van der Waals surface area contributed by atoms with Gasteiger partial charge in [0, 0.05) is 5.92 Å². The fourth-order valence-corrected chi connectivity index (χ4v) is 7.95. The highest BCUT2D eigenvalue weighted by atomic mass is 16.7. The van der Waals surface area contributed by atoms with E-state index >= 15 is 0 Å². The Bertz CT molecular complexity index is 1230. The van der Waals surface area contributed by atoms with Crippen molar-refractivity contribution in [1.29, 1.82) is 0 Å². The Morgan fingerprint density at radius 1 is 0.500 bits per heavy atom. The second-order valence-electron chi connectivity index (χ2n) is 17.2. The highest BCUT2D eigenvalue weighted by Crippen LogP contribution is 2.51. The second-order valence-corrected chi connectivity index (χ2v) is 17.2. The molecule has 2 fully saturated rings. The van der Waals surface area contributed by atoms with E-state index in [-0.39, 0.29) is 36.6 Å². The Labute approximate surface area is 295 Å². The smallest absolute Gasteiger partial charge is 0.399 e. The molecule has 264 valence electrons. The predicted molar refractivity (Wildman–Crippen MR) is 205 cm³/mol.